The first kappa shape index (κ1) is 28.3. The van der Waals surface area contributed by atoms with Crippen LogP contribution in [0, 0.1) is 0 Å². The van der Waals surface area contributed by atoms with E-state index in [1.54, 1.807) is 48.5 Å². The molecule has 3 N–H and O–H groups in total. The Balaban J connectivity index is 2.20. The average Bonchev–Trinajstić information content (AvgIpc) is 2.73. The maximum Gasteiger partial charge on any atom is 0.414 e. The molecule has 0 aliphatic rings. The van der Waals surface area contributed by atoms with E-state index in [1.165, 1.54) is 6.20 Å². The number of ether oxygens (including phenoxy) is 3. The fourth-order valence-electron chi connectivity index (χ4n) is 2.95. The fraction of sp³-hybridized carbons (Fsp3) is 0.480. The number of aliphatic imine (C=N–C) groups is 1. The largest absolute Gasteiger partial charge is 0.462 e. The third-order valence-corrected chi connectivity index (χ3v) is 4.19. The quantitative estimate of drug-likeness (QED) is 0.176. The van der Waals surface area contributed by atoms with Gasteiger partial charge >= 0.3 is 18.2 Å². The summed E-state index contributed by atoms with van der Waals surface area (Å²) in [5, 5.41) is 8.80. The van der Waals surface area contributed by atoms with Crippen molar-refractivity contribution in [3.63, 3.8) is 0 Å². The van der Waals surface area contributed by atoms with E-state index in [-0.39, 0.29) is 25.7 Å². The normalized spacial score (nSPS) is 11.3. The third kappa shape index (κ3) is 9.40. The maximum atomic E-state index is 12.5. The Morgan fingerprint density at radius 3 is 2.08 bits per heavy atom. The summed E-state index contributed by atoms with van der Waals surface area (Å²) >= 11 is 0. The SMILES string of the molecule is CCOC(=O)c1cnc2ccccc2c1NCCN=C(NC(=O)OC(C)(C)C)NC(=O)OC(C)(C)C. The highest BCUT2D eigenvalue weighted by atomic mass is 16.6. The second-order valence-corrected chi connectivity index (χ2v) is 9.70. The number of rotatable bonds is 6. The molecule has 0 atom stereocenters. The van der Waals surface area contributed by atoms with Crippen LogP contribution in [0.3, 0.4) is 0 Å². The molecule has 2 amide bonds. The number of amides is 2. The van der Waals surface area contributed by atoms with Gasteiger partial charge in [0, 0.05) is 18.1 Å². The summed E-state index contributed by atoms with van der Waals surface area (Å²) in [5.74, 6) is -0.633. The van der Waals surface area contributed by atoms with Gasteiger partial charge in [-0.1, -0.05) is 18.2 Å². The van der Waals surface area contributed by atoms with Gasteiger partial charge in [0.25, 0.3) is 0 Å². The Morgan fingerprint density at radius 1 is 0.944 bits per heavy atom. The Labute approximate surface area is 211 Å². The van der Waals surface area contributed by atoms with Crippen molar-refractivity contribution in [1.82, 2.24) is 15.6 Å². The van der Waals surface area contributed by atoms with E-state index in [1.807, 2.05) is 24.3 Å². The molecule has 1 aromatic carbocycles. The van der Waals surface area contributed by atoms with Gasteiger partial charge in [-0.2, -0.15) is 0 Å². The lowest BCUT2D eigenvalue weighted by atomic mass is 10.1. The van der Waals surface area contributed by atoms with Gasteiger partial charge in [0.2, 0.25) is 5.96 Å². The second-order valence-electron chi connectivity index (χ2n) is 9.70. The first-order valence-electron chi connectivity index (χ1n) is 11.6. The number of para-hydroxylation sites is 1. The Kier molecular flexibility index (Phi) is 9.60. The van der Waals surface area contributed by atoms with Crippen LogP contribution in [0.25, 0.3) is 10.9 Å². The van der Waals surface area contributed by atoms with Crippen LogP contribution in [0.4, 0.5) is 15.3 Å². The van der Waals surface area contributed by atoms with Gasteiger partial charge in [-0.3, -0.25) is 20.6 Å². The molecule has 2 aromatic rings. The van der Waals surface area contributed by atoms with Gasteiger partial charge in [0.05, 0.1) is 24.4 Å². The molecule has 0 spiro atoms. The molecule has 11 nitrogen and oxygen atoms in total. The van der Waals surface area contributed by atoms with Crippen LogP contribution < -0.4 is 16.0 Å². The van der Waals surface area contributed by atoms with Crippen molar-refractivity contribution in [2.75, 3.05) is 25.0 Å². The third-order valence-electron chi connectivity index (χ3n) is 4.19. The predicted octanol–water partition coefficient (Wildman–Crippen LogP) is 4.23. The van der Waals surface area contributed by atoms with E-state index in [9.17, 15) is 14.4 Å². The van der Waals surface area contributed by atoms with Gasteiger partial charge in [-0.15, -0.1) is 0 Å². The molecule has 1 heterocycles. The summed E-state index contributed by atoms with van der Waals surface area (Å²) in [6.07, 6.45) is -0.101. The van der Waals surface area contributed by atoms with Gasteiger partial charge in [0.15, 0.2) is 0 Å². The van der Waals surface area contributed by atoms with E-state index in [0.29, 0.717) is 16.8 Å². The number of anilines is 1. The number of nitrogens with zero attached hydrogens (tertiary/aromatic N) is 2. The number of hydrogen-bond acceptors (Lipinski definition) is 9. The lowest BCUT2D eigenvalue weighted by molar-refractivity contribution is 0.0518. The topological polar surface area (TPSA) is 140 Å². The van der Waals surface area contributed by atoms with Crippen LogP contribution in [0.15, 0.2) is 35.5 Å². The second kappa shape index (κ2) is 12.2. The molecule has 36 heavy (non-hydrogen) atoms. The maximum absolute atomic E-state index is 12.5. The number of aromatic nitrogens is 1. The Bertz CT molecular complexity index is 1090. The van der Waals surface area contributed by atoms with Crippen LogP contribution >= 0.6 is 0 Å². The van der Waals surface area contributed by atoms with Crippen molar-refractivity contribution in [2.24, 2.45) is 4.99 Å². The van der Waals surface area contributed by atoms with Crippen LogP contribution in [0.2, 0.25) is 0 Å². The summed E-state index contributed by atoms with van der Waals surface area (Å²) in [4.78, 5) is 45.5. The number of hydrogen-bond donors (Lipinski definition) is 3. The van der Waals surface area contributed by atoms with Crippen molar-refractivity contribution in [3.8, 4) is 0 Å². The van der Waals surface area contributed by atoms with Crippen molar-refractivity contribution in [3.05, 3.63) is 36.0 Å². The number of guanidine groups is 1. The zero-order valence-electron chi connectivity index (χ0n) is 21.9. The first-order chi connectivity index (χ1) is 16.8. The van der Waals surface area contributed by atoms with Gasteiger partial charge in [0.1, 0.15) is 16.8 Å². The number of benzene rings is 1. The zero-order chi connectivity index (χ0) is 26.9. The number of nitrogens with one attached hydrogen (secondary N) is 3. The Morgan fingerprint density at radius 2 is 1.53 bits per heavy atom. The number of fused-ring (bicyclic) bond motifs is 1. The number of esters is 1. The van der Waals surface area contributed by atoms with Crippen LogP contribution in [0.1, 0.15) is 58.8 Å². The minimum atomic E-state index is -0.782. The summed E-state index contributed by atoms with van der Waals surface area (Å²) in [5.41, 5.74) is 0.0632. The molecule has 0 radical (unpaired) electrons. The first-order valence-corrected chi connectivity index (χ1v) is 11.6. The Hall–Kier alpha value is -3.89. The number of carbonyl (C=O) groups is 3. The molecule has 2 rings (SSSR count). The van der Waals surface area contributed by atoms with E-state index in [2.05, 4.69) is 25.9 Å². The van der Waals surface area contributed by atoms with Gasteiger partial charge < -0.3 is 19.5 Å². The highest BCUT2D eigenvalue weighted by Crippen LogP contribution is 2.26. The number of pyridine rings is 1. The fourth-order valence-corrected chi connectivity index (χ4v) is 2.95. The molecule has 0 saturated heterocycles. The smallest absolute Gasteiger partial charge is 0.414 e. The molecule has 1 aromatic heterocycles. The van der Waals surface area contributed by atoms with E-state index < -0.39 is 29.4 Å². The van der Waals surface area contributed by atoms with Crippen molar-refractivity contribution in [2.45, 2.75) is 59.7 Å². The molecule has 0 saturated carbocycles. The number of alkyl carbamates (subject to hydrolysis) is 2. The van der Waals surface area contributed by atoms with Crippen molar-refractivity contribution >= 4 is 40.7 Å². The highest BCUT2D eigenvalue weighted by molar-refractivity contribution is 6.05. The molecule has 11 heteroatoms. The molecular formula is C25H35N5O6. The summed E-state index contributed by atoms with van der Waals surface area (Å²) in [6, 6.07) is 7.37. The highest BCUT2D eigenvalue weighted by Gasteiger charge is 2.21. The summed E-state index contributed by atoms with van der Waals surface area (Å²) in [6.45, 7) is 12.6. The number of carbonyl (C=O) groups excluding carboxylic acids is 3. The van der Waals surface area contributed by atoms with E-state index >= 15 is 0 Å². The molecule has 0 aliphatic heterocycles. The monoisotopic (exact) mass is 501 g/mol. The molecule has 0 fully saturated rings. The summed E-state index contributed by atoms with van der Waals surface area (Å²) in [7, 11) is 0. The van der Waals surface area contributed by atoms with E-state index in [0.717, 1.165) is 5.39 Å². The summed E-state index contributed by atoms with van der Waals surface area (Å²) < 4.78 is 15.6. The lowest BCUT2D eigenvalue weighted by Crippen LogP contribution is -2.47. The average molecular weight is 502 g/mol. The molecule has 0 aliphatic carbocycles. The van der Waals surface area contributed by atoms with Crippen LogP contribution in [0.5, 0.6) is 0 Å². The molecule has 0 unspecified atom stereocenters. The van der Waals surface area contributed by atoms with Gasteiger partial charge in [-0.25, -0.2) is 14.4 Å². The standard InChI is InChI=1S/C25H35N5O6/c1-8-34-20(31)17-15-28-18-12-10-9-11-16(18)19(17)26-13-14-27-21(29-22(32)35-24(2,3)4)30-23(33)36-25(5,6)7/h9-12,15H,8,13-14H2,1-7H3,(H,26,28)(H2,27,29,30,32,33). The van der Waals surface area contributed by atoms with Crippen molar-refractivity contribution < 1.29 is 28.6 Å². The van der Waals surface area contributed by atoms with Crippen molar-refractivity contribution in [1.29, 1.82) is 0 Å². The molecule has 0 bridgehead atoms. The van der Waals surface area contributed by atoms with Crippen LogP contribution in [-0.4, -0.2) is 60.0 Å². The minimum Gasteiger partial charge on any atom is -0.462 e. The predicted molar refractivity (Wildman–Crippen MR) is 137 cm³/mol. The minimum absolute atomic E-state index is 0.125. The van der Waals surface area contributed by atoms with Gasteiger partial charge in [-0.05, 0) is 54.5 Å². The van der Waals surface area contributed by atoms with E-state index in [4.69, 9.17) is 14.2 Å². The molecule has 196 valence electrons. The van der Waals surface area contributed by atoms with Crippen LogP contribution in [-0.2, 0) is 14.2 Å². The zero-order valence-corrected chi connectivity index (χ0v) is 21.9. The lowest BCUT2D eigenvalue weighted by Gasteiger charge is -2.22. The molecular weight excluding hydrogens is 466 g/mol.